The van der Waals surface area contributed by atoms with Gasteiger partial charge in [0.2, 0.25) is 0 Å². The van der Waals surface area contributed by atoms with Crippen LogP contribution in [0.25, 0.3) is 0 Å². The summed E-state index contributed by atoms with van der Waals surface area (Å²) in [7, 11) is 1.65. The summed E-state index contributed by atoms with van der Waals surface area (Å²) in [6.07, 6.45) is 4.31. The number of hydrogen-bond donors (Lipinski definition) is 0. The van der Waals surface area contributed by atoms with Crippen molar-refractivity contribution in [3.05, 3.63) is 58.1 Å². The molecule has 0 aromatic heterocycles. The standard InChI is InChI=1S/C24H25Cl2N3O2/c1-31-19-8-5-15(6-9-19)23-12-21(24(30)28-13-16-3-2-4-17(16)14-28)27-29(23)22-10-7-18(25)11-20(22)26/h5-11,16-17,23H,2-4,12-14H2,1H3. The molecule has 1 aliphatic carbocycles. The molecule has 5 nitrogen and oxygen atoms in total. The fraction of sp³-hybridized carbons (Fsp3) is 0.417. The molecule has 2 heterocycles. The first-order valence-electron chi connectivity index (χ1n) is 10.8. The van der Waals surface area contributed by atoms with Crippen LogP contribution in [0.4, 0.5) is 5.69 Å². The van der Waals surface area contributed by atoms with E-state index in [9.17, 15) is 4.79 Å². The average Bonchev–Trinajstić information content (AvgIpc) is 3.48. The Hall–Kier alpha value is -2.24. The molecule has 3 unspecified atom stereocenters. The van der Waals surface area contributed by atoms with Crippen LogP contribution in [0.3, 0.4) is 0 Å². The van der Waals surface area contributed by atoms with Gasteiger partial charge in [-0.3, -0.25) is 9.80 Å². The van der Waals surface area contributed by atoms with Gasteiger partial charge >= 0.3 is 0 Å². The number of amides is 1. The predicted molar refractivity (Wildman–Crippen MR) is 124 cm³/mol. The van der Waals surface area contributed by atoms with E-state index in [2.05, 4.69) is 0 Å². The molecule has 1 amide bonds. The lowest BCUT2D eigenvalue weighted by atomic mass is 10.0. The molecule has 0 N–H and O–H groups in total. The van der Waals surface area contributed by atoms with E-state index in [1.165, 1.54) is 19.3 Å². The summed E-state index contributed by atoms with van der Waals surface area (Å²) in [5.41, 5.74) is 2.39. The van der Waals surface area contributed by atoms with Crippen molar-refractivity contribution in [3.63, 3.8) is 0 Å². The molecule has 2 fully saturated rings. The molecule has 2 aliphatic heterocycles. The molecule has 0 spiro atoms. The molecule has 3 atom stereocenters. The highest BCUT2D eigenvalue weighted by molar-refractivity contribution is 6.40. The van der Waals surface area contributed by atoms with Crippen molar-refractivity contribution >= 4 is 40.5 Å². The van der Waals surface area contributed by atoms with Crippen LogP contribution in [0.15, 0.2) is 47.6 Å². The summed E-state index contributed by atoms with van der Waals surface area (Å²) < 4.78 is 5.30. The summed E-state index contributed by atoms with van der Waals surface area (Å²) >= 11 is 12.6. The number of likely N-dealkylation sites (tertiary alicyclic amines) is 1. The highest BCUT2D eigenvalue weighted by atomic mass is 35.5. The van der Waals surface area contributed by atoms with Gasteiger partial charge in [-0.2, -0.15) is 5.10 Å². The highest BCUT2D eigenvalue weighted by Gasteiger charge is 2.41. The summed E-state index contributed by atoms with van der Waals surface area (Å²) in [4.78, 5) is 15.4. The van der Waals surface area contributed by atoms with Crippen molar-refractivity contribution in [2.75, 3.05) is 25.2 Å². The summed E-state index contributed by atoms with van der Waals surface area (Å²) in [6, 6.07) is 13.1. The van der Waals surface area contributed by atoms with Gasteiger partial charge in [0.05, 0.1) is 23.9 Å². The lowest BCUT2D eigenvalue weighted by Crippen LogP contribution is -2.35. The second kappa shape index (κ2) is 8.36. The molecule has 162 valence electrons. The summed E-state index contributed by atoms with van der Waals surface area (Å²) in [5, 5.41) is 7.73. The maximum atomic E-state index is 13.4. The number of anilines is 1. The number of halogens is 2. The van der Waals surface area contributed by atoms with Crippen LogP contribution in [0, 0.1) is 11.8 Å². The van der Waals surface area contributed by atoms with E-state index in [0.717, 1.165) is 30.1 Å². The second-order valence-corrected chi connectivity index (χ2v) is 9.48. The van der Waals surface area contributed by atoms with Crippen LogP contribution in [-0.4, -0.2) is 36.7 Å². The van der Waals surface area contributed by atoms with Gasteiger partial charge in [0.1, 0.15) is 11.5 Å². The third-order valence-electron chi connectivity index (χ3n) is 6.83. The quantitative estimate of drug-likeness (QED) is 0.602. The van der Waals surface area contributed by atoms with E-state index in [1.807, 2.05) is 40.2 Å². The molecule has 0 radical (unpaired) electrons. The lowest BCUT2D eigenvalue weighted by molar-refractivity contribution is -0.123. The number of carbonyl (C=O) groups is 1. The zero-order chi connectivity index (χ0) is 21.5. The zero-order valence-corrected chi connectivity index (χ0v) is 18.9. The minimum Gasteiger partial charge on any atom is -0.497 e. The molecule has 0 bridgehead atoms. The molecule has 2 aromatic carbocycles. The van der Waals surface area contributed by atoms with Crippen molar-refractivity contribution in [1.82, 2.24) is 4.90 Å². The number of fused-ring (bicyclic) bond motifs is 1. The Balaban J connectivity index is 1.45. The van der Waals surface area contributed by atoms with Crippen LogP contribution in [-0.2, 0) is 4.79 Å². The lowest BCUT2D eigenvalue weighted by Gasteiger charge is -2.25. The Morgan fingerprint density at radius 2 is 1.77 bits per heavy atom. The van der Waals surface area contributed by atoms with Gasteiger partial charge in [-0.25, -0.2) is 0 Å². The van der Waals surface area contributed by atoms with E-state index < -0.39 is 0 Å². The van der Waals surface area contributed by atoms with E-state index in [4.69, 9.17) is 33.0 Å². The molecule has 2 aromatic rings. The predicted octanol–water partition coefficient (Wildman–Crippen LogP) is 5.57. The topological polar surface area (TPSA) is 45.1 Å². The molecule has 31 heavy (non-hydrogen) atoms. The van der Waals surface area contributed by atoms with E-state index in [1.54, 1.807) is 19.2 Å². The summed E-state index contributed by atoms with van der Waals surface area (Å²) in [5.74, 6) is 2.16. The smallest absolute Gasteiger partial charge is 0.270 e. The Bertz CT molecular complexity index is 1010. The van der Waals surface area contributed by atoms with Crippen LogP contribution >= 0.6 is 23.2 Å². The first-order valence-corrected chi connectivity index (χ1v) is 11.5. The van der Waals surface area contributed by atoms with Crippen LogP contribution in [0.2, 0.25) is 10.0 Å². The molecule has 1 saturated heterocycles. The van der Waals surface area contributed by atoms with Crippen molar-refractivity contribution in [2.45, 2.75) is 31.7 Å². The van der Waals surface area contributed by atoms with Crippen molar-refractivity contribution in [2.24, 2.45) is 16.9 Å². The van der Waals surface area contributed by atoms with Crippen molar-refractivity contribution < 1.29 is 9.53 Å². The van der Waals surface area contributed by atoms with Crippen molar-refractivity contribution in [1.29, 1.82) is 0 Å². The average molecular weight is 458 g/mol. The van der Waals surface area contributed by atoms with Crippen LogP contribution in [0.1, 0.15) is 37.3 Å². The van der Waals surface area contributed by atoms with Gasteiger partial charge in [-0.05, 0) is 60.6 Å². The summed E-state index contributed by atoms with van der Waals surface area (Å²) in [6.45, 7) is 1.72. The number of benzene rings is 2. The van der Waals surface area contributed by atoms with Gasteiger partial charge in [0.15, 0.2) is 0 Å². The molecule has 1 saturated carbocycles. The molecule has 7 heteroatoms. The van der Waals surface area contributed by atoms with Gasteiger partial charge < -0.3 is 9.64 Å². The zero-order valence-electron chi connectivity index (χ0n) is 17.4. The number of methoxy groups -OCH3 is 1. The minimum absolute atomic E-state index is 0.0560. The largest absolute Gasteiger partial charge is 0.497 e. The van der Waals surface area contributed by atoms with E-state index in [0.29, 0.717) is 34.0 Å². The first kappa shape index (κ1) is 20.7. The molecular weight excluding hydrogens is 433 g/mol. The van der Waals surface area contributed by atoms with E-state index >= 15 is 0 Å². The molecule has 3 aliphatic rings. The third-order valence-corrected chi connectivity index (χ3v) is 7.37. The van der Waals surface area contributed by atoms with Crippen LogP contribution < -0.4 is 9.75 Å². The molecular formula is C24H25Cl2N3O2. The fourth-order valence-electron chi connectivity index (χ4n) is 5.20. The van der Waals surface area contributed by atoms with Gasteiger partial charge in [0, 0.05) is 24.5 Å². The number of rotatable bonds is 4. The number of hydrazone groups is 1. The number of nitrogens with zero attached hydrogens (tertiary/aromatic N) is 3. The number of carbonyl (C=O) groups excluding carboxylic acids is 1. The minimum atomic E-state index is -0.120. The SMILES string of the molecule is COc1ccc(C2CC(C(=O)N3CC4CCCC4C3)=NN2c2ccc(Cl)cc2Cl)cc1. The molecule has 5 rings (SSSR count). The Morgan fingerprint density at radius 1 is 1.06 bits per heavy atom. The normalized spacial score (nSPS) is 25.0. The van der Waals surface area contributed by atoms with Crippen molar-refractivity contribution in [3.8, 4) is 5.75 Å². The maximum absolute atomic E-state index is 13.4. The van der Waals surface area contributed by atoms with E-state index in [-0.39, 0.29) is 11.9 Å². The first-order chi connectivity index (χ1) is 15.0. The Labute approximate surface area is 192 Å². The Morgan fingerprint density at radius 3 is 2.42 bits per heavy atom. The number of hydrogen-bond acceptors (Lipinski definition) is 4. The van der Waals surface area contributed by atoms with Gasteiger partial charge in [-0.1, -0.05) is 41.8 Å². The third kappa shape index (κ3) is 3.90. The van der Waals surface area contributed by atoms with Crippen LogP contribution in [0.5, 0.6) is 5.75 Å². The highest BCUT2D eigenvalue weighted by Crippen LogP contribution is 2.42. The maximum Gasteiger partial charge on any atom is 0.270 e. The number of ether oxygens (including phenoxy) is 1. The van der Waals surface area contributed by atoms with Gasteiger partial charge in [0.25, 0.3) is 5.91 Å². The Kier molecular flexibility index (Phi) is 5.57. The second-order valence-electron chi connectivity index (χ2n) is 8.64. The monoisotopic (exact) mass is 457 g/mol. The fourth-order valence-corrected chi connectivity index (χ4v) is 5.69. The van der Waals surface area contributed by atoms with Gasteiger partial charge in [-0.15, -0.1) is 0 Å².